The van der Waals surface area contributed by atoms with E-state index in [4.69, 9.17) is 0 Å². The third-order valence-electron chi connectivity index (χ3n) is 5.86. The molecular weight excluding hydrogens is 445 g/mol. The van der Waals surface area contributed by atoms with Gasteiger partial charge in [0.15, 0.2) is 0 Å². The molecule has 33 heavy (non-hydrogen) atoms. The highest BCUT2D eigenvalue weighted by Crippen LogP contribution is 2.28. The Bertz CT molecular complexity index is 1090. The number of halogens is 1. The van der Waals surface area contributed by atoms with Crippen LogP contribution in [0.2, 0.25) is 0 Å². The van der Waals surface area contributed by atoms with E-state index in [1.165, 1.54) is 29.2 Å². The van der Waals surface area contributed by atoms with Crippen LogP contribution in [0.3, 0.4) is 0 Å². The summed E-state index contributed by atoms with van der Waals surface area (Å²) < 4.78 is 40.7. The first kappa shape index (κ1) is 24.9. The number of hydrogen-bond donors (Lipinski definition) is 1. The van der Waals surface area contributed by atoms with Crippen molar-refractivity contribution in [2.75, 3.05) is 19.6 Å². The van der Waals surface area contributed by atoms with Gasteiger partial charge in [0.1, 0.15) is 11.4 Å². The van der Waals surface area contributed by atoms with Crippen molar-refractivity contribution in [2.24, 2.45) is 5.92 Å². The zero-order valence-corrected chi connectivity index (χ0v) is 19.9. The molecule has 0 saturated carbocycles. The Morgan fingerprint density at radius 3 is 2.36 bits per heavy atom. The molecule has 0 aliphatic carbocycles. The molecule has 1 aliphatic rings. The van der Waals surface area contributed by atoms with Crippen molar-refractivity contribution < 1.29 is 22.4 Å². The van der Waals surface area contributed by atoms with Crippen LogP contribution in [0.1, 0.15) is 32.8 Å². The van der Waals surface area contributed by atoms with Crippen LogP contribution in [-0.4, -0.2) is 54.6 Å². The zero-order chi connectivity index (χ0) is 24.2. The maximum atomic E-state index is 13.4. The number of carbonyl (C=O) groups excluding carboxylic acids is 2. The Morgan fingerprint density at radius 2 is 1.76 bits per heavy atom. The molecule has 1 heterocycles. The van der Waals surface area contributed by atoms with Crippen molar-refractivity contribution >= 4 is 21.8 Å². The standard InChI is InChI=1S/C24H30FN3O4S/c1-18(2)13-14-28-22(29)16-27(33(31,32)21-7-5-4-6-8-21)17-24(28,3)23(30)26-15-19-9-11-20(25)12-10-19/h4-12,18H,13-17H2,1-3H3,(H,26,30)/t24-/m1/s1. The second kappa shape index (κ2) is 10.0. The molecule has 7 nitrogen and oxygen atoms in total. The van der Waals surface area contributed by atoms with Crippen LogP contribution < -0.4 is 5.32 Å². The molecule has 2 aromatic carbocycles. The van der Waals surface area contributed by atoms with Gasteiger partial charge in [-0.15, -0.1) is 0 Å². The van der Waals surface area contributed by atoms with Crippen LogP contribution in [-0.2, 0) is 26.2 Å². The Hall–Kier alpha value is -2.78. The molecule has 178 valence electrons. The zero-order valence-electron chi connectivity index (χ0n) is 19.1. The predicted octanol–water partition coefficient (Wildman–Crippen LogP) is 2.78. The number of nitrogens with one attached hydrogen (secondary N) is 1. The highest BCUT2D eigenvalue weighted by Gasteiger charge is 2.50. The number of hydrogen-bond acceptors (Lipinski definition) is 4. The molecule has 0 spiro atoms. The number of piperazine rings is 1. The van der Waals surface area contributed by atoms with E-state index in [1.54, 1.807) is 37.3 Å². The maximum Gasteiger partial charge on any atom is 0.247 e. The molecule has 9 heteroatoms. The molecule has 2 aromatic rings. The summed E-state index contributed by atoms with van der Waals surface area (Å²) in [6.07, 6.45) is 0.679. The summed E-state index contributed by atoms with van der Waals surface area (Å²) in [5, 5.41) is 2.80. The number of carbonyl (C=O) groups is 2. The molecule has 1 N–H and O–H groups in total. The van der Waals surface area contributed by atoms with Crippen molar-refractivity contribution in [3.63, 3.8) is 0 Å². The molecule has 1 aliphatic heterocycles. The number of nitrogens with zero attached hydrogens (tertiary/aromatic N) is 2. The molecular formula is C24H30FN3O4S. The van der Waals surface area contributed by atoms with Crippen molar-refractivity contribution in [2.45, 2.75) is 44.2 Å². The maximum absolute atomic E-state index is 13.4. The van der Waals surface area contributed by atoms with E-state index in [1.807, 2.05) is 13.8 Å². The van der Waals surface area contributed by atoms with E-state index in [0.717, 1.165) is 4.31 Å². The van der Waals surface area contributed by atoms with Gasteiger partial charge in [-0.2, -0.15) is 4.31 Å². The lowest BCUT2D eigenvalue weighted by Gasteiger charge is -2.47. The molecule has 1 atom stereocenters. The summed E-state index contributed by atoms with van der Waals surface area (Å²) >= 11 is 0. The van der Waals surface area contributed by atoms with Gasteiger partial charge in [0.05, 0.1) is 11.4 Å². The third kappa shape index (κ3) is 5.59. The fourth-order valence-corrected chi connectivity index (χ4v) is 5.34. The van der Waals surface area contributed by atoms with E-state index in [0.29, 0.717) is 24.4 Å². The van der Waals surface area contributed by atoms with Crippen LogP contribution in [0, 0.1) is 11.7 Å². The number of amides is 2. The quantitative estimate of drug-likeness (QED) is 0.636. The summed E-state index contributed by atoms with van der Waals surface area (Å²) in [6, 6.07) is 13.6. The topological polar surface area (TPSA) is 86.8 Å². The Kier molecular flexibility index (Phi) is 7.54. The highest BCUT2D eigenvalue weighted by atomic mass is 32.2. The highest BCUT2D eigenvalue weighted by molar-refractivity contribution is 7.89. The van der Waals surface area contributed by atoms with Gasteiger partial charge in [-0.3, -0.25) is 9.59 Å². The predicted molar refractivity (Wildman–Crippen MR) is 123 cm³/mol. The van der Waals surface area contributed by atoms with Gasteiger partial charge in [-0.05, 0) is 49.1 Å². The largest absolute Gasteiger partial charge is 0.350 e. The monoisotopic (exact) mass is 475 g/mol. The van der Waals surface area contributed by atoms with Crippen LogP contribution in [0.4, 0.5) is 4.39 Å². The third-order valence-corrected chi connectivity index (χ3v) is 7.67. The van der Waals surface area contributed by atoms with Gasteiger partial charge in [-0.25, -0.2) is 12.8 Å². The molecule has 0 bridgehead atoms. The van der Waals surface area contributed by atoms with Gasteiger partial charge >= 0.3 is 0 Å². The fourth-order valence-electron chi connectivity index (χ4n) is 3.84. The van der Waals surface area contributed by atoms with Gasteiger partial charge in [-0.1, -0.05) is 44.2 Å². The van der Waals surface area contributed by atoms with Crippen molar-refractivity contribution in [3.8, 4) is 0 Å². The summed E-state index contributed by atoms with van der Waals surface area (Å²) in [4.78, 5) is 28.1. The van der Waals surface area contributed by atoms with E-state index < -0.39 is 27.4 Å². The van der Waals surface area contributed by atoms with Gasteiger partial charge in [0, 0.05) is 19.6 Å². The smallest absolute Gasteiger partial charge is 0.247 e. The molecule has 0 aromatic heterocycles. The van der Waals surface area contributed by atoms with Gasteiger partial charge < -0.3 is 10.2 Å². The lowest BCUT2D eigenvalue weighted by atomic mass is 9.94. The van der Waals surface area contributed by atoms with Gasteiger partial charge in [0.25, 0.3) is 0 Å². The average Bonchev–Trinajstić information content (AvgIpc) is 2.78. The second-order valence-electron chi connectivity index (χ2n) is 8.90. The van der Waals surface area contributed by atoms with Crippen molar-refractivity contribution in [1.29, 1.82) is 0 Å². The fraction of sp³-hybridized carbons (Fsp3) is 0.417. The minimum atomic E-state index is -3.96. The van der Waals surface area contributed by atoms with Crippen molar-refractivity contribution in [1.82, 2.24) is 14.5 Å². The number of rotatable bonds is 8. The lowest BCUT2D eigenvalue weighted by molar-refractivity contribution is -0.153. The minimum Gasteiger partial charge on any atom is -0.350 e. The average molecular weight is 476 g/mol. The van der Waals surface area contributed by atoms with E-state index in [-0.39, 0.29) is 30.3 Å². The minimum absolute atomic E-state index is 0.0718. The van der Waals surface area contributed by atoms with Crippen LogP contribution in [0.5, 0.6) is 0 Å². The Labute approximate surface area is 194 Å². The Morgan fingerprint density at radius 1 is 1.12 bits per heavy atom. The molecule has 0 unspecified atom stereocenters. The van der Waals surface area contributed by atoms with E-state index >= 15 is 0 Å². The molecule has 2 amide bonds. The molecule has 1 saturated heterocycles. The van der Waals surface area contributed by atoms with Gasteiger partial charge in [0.2, 0.25) is 21.8 Å². The summed E-state index contributed by atoms with van der Waals surface area (Å²) in [7, 11) is -3.96. The molecule has 3 rings (SSSR count). The SMILES string of the molecule is CC(C)CCN1C(=O)CN(S(=O)(=O)c2ccccc2)C[C@]1(C)C(=O)NCc1ccc(F)cc1. The van der Waals surface area contributed by atoms with E-state index in [9.17, 15) is 22.4 Å². The van der Waals surface area contributed by atoms with E-state index in [2.05, 4.69) is 5.32 Å². The first-order valence-corrected chi connectivity index (χ1v) is 12.4. The normalized spacial score (nSPS) is 19.7. The number of sulfonamides is 1. The molecule has 1 fully saturated rings. The Balaban J connectivity index is 1.88. The number of benzene rings is 2. The van der Waals surface area contributed by atoms with Crippen LogP contribution in [0.15, 0.2) is 59.5 Å². The van der Waals surface area contributed by atoms with Crippen molar-refractivity contribution in [3.05, 3.63) is 66.0 Å². The lowest BCUT2D eigenvalue weighted by Crippen LogP contribution is -2.69. The summed E-state index contributed by atoms with van der Waals surface area (Å²) in [5.74, 6) is -0.954. The molecule has 0 radical (unpaired) electrons. The second-order valence-corrected chi connectivity index (χ2v) is 10.8. The summed E-state index contributed by atoms with van der Waals surface area (Å²) in [5.41, 5.74) is -0.704. The first-order chi connectivity index (χ1) is 15.5. The summed E-state index contributed by atoms with van der Waals surface area (Å²) in [6.45, 7) is 5.62. The van der Waals surface area contributed by atoms with Crippen LogP contribution >= 0.6 is 0 Å². The van der Waals surface area contributed by atoms with Crippen LogP contribution in [0.25, 0.3) is 0 Å². The first-order valence-electron chi connectivity index (χ1n) is 10.9.